The summed E-state index contributed by atoms with van der Waals surface area (Å²) < 4.78 is 1.89. The quantitative estimate of drug-likeness (QED) is 0.256. The number of anilines is 1. The summed E-state index contributed by atoms with van der Waals surface area (Å²) in [5, 5.41) is 7.18. The van der Waals surface area contributed by atoms with Gasteiger partial charge in [-0.05, 0) is 61.4 Å². The van der Waals surface area contributed by atoms with Crippen molar-refractivity contribution in [3.63, 3.8) is 0 Å². The first-order valence-electron chi connectivity index (χ1n) is 9.32. The first-order chi connectivity index (χ1) is 14.5. The zero-order valence-electron chi connectivity index (χ0n) is 16.5. The number of oxime groups is 1. The lowest BCUT2D eigenvalue weighted by atomic mass is 10.1. The van der Waals surface area contributed by atoms with Gasteiger partial charge in [-0.3, -0.25) is 14.6 Å². The maximum Gasteiger partial charge on any atom is 0.437 e. The number of aryl methyl sites for hydroxylation is 2. The van der Waals surface area contributed by atoms with Crippen molar-refractivity contribution in [2.45, 2.75) is 13.8 Å². The standard InChI is InChI=1S/C23H19ClN4O2/c1-15-4-3-5-19(12-15)26-23(29)30-25-14-20-22(17-6-8-18(24)9-7-17)27-21-13-16(2)10-11-28(20)21/h3-14H,1-2H3,(H,26,29)/b25-14-. The summed E-state index contributed by atoms with van der Waals surface area (Å²) >= 11 is 6.02. The normalized spacial score (nSPS) is 11.2. The van der Waals surface area contributed by atoms with Gasteiger partial charge >= 0.3 is 6.09 Å². The van der Waals surface area contributed by atoms with Gasteiger partial charge in [-0.1, -0.05) is 41.0 Å². The molecule has 2 aromatic carbocycles. The Hall–Kier alpha value is -3.64. The molecule has 0 saturated carbocycles. The molecule has 4 aromatic rings. The van der Waals surface area contributed by atoms with E-state index in [1.165, 1.54) is 6.21 Å². The highest BCUT2D eigenvalue weighted by Gasteiger charge is 2.13. The van der Waals surface area contributed by atoms with Crippen LogP contribution in [-0.2, 0) is 4.84 Å². The van der Waals surface area contributed by atoms with Crippen LogP contribution in [0.3, 0.4) is 0 Å². The summed E-state index contributed by atoms with van der Waals surface area (Å²) in [6.07, 6.45) is 2.72. The molecule has 0 spiro atoms. The second-order valence-corrected chi connectivity index (χ2v) is 7.33. The molecule has 0 unspecified atom stereocenters. The van der Waals surface area contributed by atoms with Crippen molar-refractivity contribution in [2.24, 2.45) is 5.16 Å². The number of nitrogens with zero attached hydrogens (tertiary/aromatic N) is 3. The lowest BCUT2D eigenvalue weighted by molar-refractivity contribution is 0.167. The van der Waals surface area contributed by atoms with E-state index in [1.54, 1.807) is 18.2 Å². The largest absolute Gasteiger partial charge is 0.437 e. The van der Waals surface area contributed by atoms with Gasteiger partial charge in [-0.15, -0.1) is 0 Å². The minimum absolute atomic E-state index is 0.641. The topological polar surface area (TPSA) is 68.0 Å². The third-order valence-electron chi connectivity index (χ3n) is 4.51. The molecular weight excluding hydrogens is 400 g/mol. The summed E-state index contributed by atoms with van der Waals surface area (Å²) in [5.74, 6) is 0. The van der Waals surface area contributed by atoms with Crippen LogP contribution in [0.25, 0.3) is 16.9 Å². The van der Waals surface area contributed by atoms with Gasteiger partial charge in [0.2, 0.25) is 0 Å². The highest BCUT2D eigenvalue weighted by molar-refractivity contribution is 6.30. The smallest absolute Gasteiger partial charge is 0.298 e. The molecule has 2 aromatic heterocycles. The number of benzene rings is 2. The molecule has 0 aliphatic rings. The third kappa shape index (κ3) is 4.34. The maximum absolute atomic E-state index is 12.1. The molecule has 0 aliphatic heterocycles. The van der Waals surface area contributed by atoms with E-state index in [-0.39, 0.29) is 0 Å². The van der Waals surface area contributed by atoms with Gasteiger partial charge in [0.15, 0.2) is 0 Å². The van der Waals surface area contributed by atoms with Crippen LogP contribution in [0.4, 0.5) is 10.5 Å². The molecule has 1 N–H and O–H groups in total. The molecule has 7 heteroatoms. The Bertz CT molecular complexity index is 1250. The van der Waals surface area contributed by atoms with E-state index in [0.29, 0.717) is 22.1 Å². The van der Waals surface area contributed by atoms with Crippen LogP contribution in [0.1, 0.15) is 16.8 Å². The number of pyridine rings is 1. The highest BCUT2D eigenvalue weighted by atomic mass is 35.5. The molecule has 2 heterocycles. The van der Waals surface area contributed by atoms with E-state index in [9.17, 15) is 4.79 Å². The van der Waals surface area contributed by atoms with E-state index in [1.807, 2.05) is 66.9 Å². The third-order valence-corrected chi connectivity index (χ3v) is 4.76. The fraction of sp³-hybridized carbons (Fsp3) is 0.0870. The molecule has 0 fully saturated rings. The molecule has 6 nitrogen and oxygen atoms in total. The van der Waals surface area contributed by atoms with E-state index >= 15 is 0 Å². The van der Waals surface area contributed by atoms with Gasteiger partial charge in [0.05, 0.1) is 17.6 Å². The van der Waals surface area contributed by atoms with Crippen LogP contribution < -0.4 is 5.32 Å². The van der Waals surface area contributed by atoms with Crippen molar-refractivity contribution in [3.05, 3.63) is 88.7 Å². The van der Waals surface area contributed by atoms with E-state index < -0.39 is 6.09 Å². The number of rotatable bonds is 4. The summed E-state index contributed by atoms with van der Waals surface area (Å²) in [6, 6.07) is 18.8. The molecular formula is C23H19ClN4O2. The van der Waals surface area contributed by atoms with Crippen LogP contribution in [0.5, 0.6) is 0 Å². The summed E-state index contributed by atoms with van der Waals surface area (Å²) in [7, 11) is 0. The number of aromatic nitrogens is 2. The van der Waals surface area contributed by atoms with E-state index in [0.717, 1.165) is 22.3 Å². The Morgan fingerprint density at radius 2 is 1.87 bits per heavy atom. The van der Waals surface area contributed by atoms with Crippen LogP contribution in [0.15, 0.2) is 72.0 Å². The molecule has 0 radical (unpaired) electrons. The zero-order chi connectivity index (χ0) is 21.1. The second kappa shape index (κ2) is 8.39. The minimum atomic E-state index is -0.672. The number of halogens is 1. The fourth-order valence-corrected chi connectivity index (χ4v) is 3.22. The summed E-state index contributed by atoms with van der Waals surface area (Å²) in [4.78, 5) is 21.8. The number of hydrogen-bond acceptors (Lipinski definition) is 4. The molecule has 0 aliphatic carbocycles. The molecule has 0 bridgehead atoms. The lowest BCUT2D eigenvalue weighted by Gasteiger charge is -2.04. The Kier molecular flexibility index (Phi) is 5.50. The zero-order valence-corrected chi connectivity index (χ0v) is 17.2. The number of imidazole rings is 1. The Morgan fingerprint density at radius 1 is 1.10 bits per heavy atom. The Labute approximate surface area is 178 Å². The average Bonchev–Trinajstić information content (AvgIpc) is 3.06. The van der Waals surface area contributed by atoms with Crippen LogP contribution in [0, 0.1) is 13.8 Å². The first-order valence-corrected chi connectivity index (χ1v) is 9.70. The van der Waals surface area contributed by atoms with Crippen LogP contribution in [-0.4, -0.2) is 21.7 Å². The molecule has 4 rings (SSSR count). The number of amides is 1. The van der Waals surface area contributed by atoms with Crippen molar-refractivity contribution < 1.29 is 9.63 Å². The Balaban J connectivity index is 1.61. The number of carbonyl (C=O) groups excluding carboxylic acids is 1. The molecule has 1 amide bonds. The number of nitrogens with one attached hydrogen (secondary N) is 1. The number of carbonyl (C=O) groups is 1. The van der Waals surface area contributed by atoms with Gasteiger partial charge in [0.1, 0.15) is 5.65 Å². The van der Waals surface area contributed by atoms with E-state index in [2.05, 4.69) is 10.5 Å². The molecule has 30 heavy (non-hydrogen) atoms. The SMILES string of the molecule is Cc1cccc(NC(=O)O/N=C\c2c(-c3ccc(Cl)cc3)nc3cc(C)ccn23)c1. The molecule has 0 atom stereocenters. The van der Waals surface area contributed by atoms with E-state index in [4.69, 9.17) is 21.4 Å². The van der Waals surface area contributed by atoms with Crippen LogP contribution >= 0.6 is 11.6 Å². The van der Waals surface area contributed by atoms with Crippen molar-refractivity contribution in [1.29, 1.82) is 0 Å². The summed E-state index contributed by atoms with van der Waals surface area (Å²) in [6.45, 7) is 3.95. The highest BCUT2D eigenvalue weighted by Crippen LogP contribution is 2.25. The fourth-order valence-electron chi connectivity index (χ4n) is 3.10. The molecule has 0 saturated heterocycles. The lowest BCUT2D eigenvalue weighted by Crippen LogP contribution is -2.11. The van der Waals surface area contributed by atoms with Crippen molar-refractivity contribution in [3.8, 4) is 11.3 Å². The monoisotopic (exact) mass is 418 g/mol. The number of fused-ring (bicyclic) bond motifs is 1. The van der Waals surface area contributed by atoms with Crippen molar-refractivity contribution >= 4 is 35.2 Å². The number of hydrogen-bond donors (Lipinski definition) is 1. The minimum Gasteiger partial charge on any atom is -0.298 e. The average molecular weight is 419 g/mol. The van der Waals surface area contributed by atoms with Gasteiger partial charge < -0.3 is 0 Å². The predicted molar refractivity (Wildman–Crippen MR) is 119 cm³/mol. The van der Waals surface area contributed by atoms with Crippen molar-refractivity contribution in [2.75, 3.05) is 5.32 Å². The first kappa shape index (κ1) is 19.7. The van der Waals surface area contributed by atoms with Gasteiger partial charge in [-0.25, -0.2) is 9.78 Å². The van der Waals surface area contributed by atoms with Crippen LogP contribution in [0.2, 0.25) is 5.02 Å². The summed E-state index contributed by atoms with van der Waals surface area (Å²) in [5.41, 5.74) is 5.82. The van der Waals surface area contributed by atoms with Gasteiger partial charge in [-0.2, -0.15) is 0 Å². The Morgan fingerprint density at radius 3 is 2.63 bits per heavy atom. The van der Waals surface area contributed by atoms with Gasteiger partial charge in [0, 0.05) is 22.5 Å². The maximum atomic E-state index is 12.1. The van der Waals surface area contributed by atoms with Crippen molar-refractivity contribution in [1.82, 2.24) is 9.38 Å². The van der Waals surface area contributed by atoms with Gasteiger partial charge in [0.25, 0.3) is 0 Å². The second-order valence-electron chi connectivity index (χ2n) is 6.89. The molecule has 150 valence electrons. The predicted octanol–water partition coefficient (Wildman–Crippen LogP) is 5.85.